The zero-order valence-corrected chi connectivity index (χ0v) is 40.3. The summed E-state index contributed by atoms with van der Waals surface area (Å²) in [6.45, 7) is 4.57. The Morgan fingerprint density at radius 1 is 0.224 bits per heavy atom. The highest BCUT2D eigenvalue weighted by Crippen LogP contribution is 2.45. The van der Waals surface area contributed by atoms with Crippen molar-refractivity contribution in [1.82, 2.24) is 0 Å². The lowest BCUT2D eigenvalue weighted by Crippen LogP contribution is -1.84. The fraction of sp³-hybridized carbons (Fsp3) is 0.360. The number of rotatable bonds is 23. The van der Waals surface area contributed by atoms with Gasteiger partial charge in [0.15, 0.2) is 0 Å². The van der Waals surface area contributed by atoms with E-state index in [1.54, 1.807) is 0 Å². The molecule has 0 unspecified atom stereocenters. The lowest BCUT2D eigenvalue weighted by atomic mass is 10.1. The van der Waals surface area contributed by atoms with Gasteiger partial charge in [-0.05, 0) is 148 Å². The van der Waals surface area contributed by atoms with Crippen LogP contribution < -0.4 is 0 Å². The molecule has 8 heterocycles. The average Bonchev–Trinajstić information content (AvgIpc) is 4.07. The van der Waals surface area contributed by atoms with Gasteiger partial charge in [-0.1, -0.05) is 65.2 Å². The van der Waals surface area contributed by atoms with E-state index in [-0.39, 0.29) is 0 Å². The molecule has 8 heteroatoms. The zero-order chi connectivity index (χ0) is 39.5. The van der Waals surface area contributed by atoms with Crippen LogP contribution in [0, 0.1) is 0 Å². The van der Waals surface area contributed by atoms with E-state index in [0.29, 0.717) is 0 Å². The van der Waals surface area contributed by atoms with Crippen molar-refractivity contribution < 1.29 is 0 Å². The molecule has 8 aromatic rings. The van der Waals surface area contributed by atoms with Gasteiger partial charge in [0.2, 0.25) is 0 Å². The highest BCUT2D eigenvalue weighted by Gasteiger charge is 2.14. The molecule has 58 heavy (non-hydrogen) atoms. The largest absolute Gasteiger partial charge is 0.139 e. The van der Waals surface area contributed by atoms with E-state index in [0.717, 1.165) is 0 Å². The molecule has 0 saturated carbocycles. The second-order valence-electron chi connectivity index (χ2n) is 15.3. The van der Waals surface area contributed by atoms with E-state index in [1.807, 2.05) is 90.7 Å². The van der Waals surface area contributed by atoms with Crippen molar-refractivity contribution in [3.63, 3.8) is 0 Å². The Kier molecular flexibility index (Phi) is 15.6. The Labute approximate surface area is 379 Å². The van der Waals surface area contributed by atoms with E-state index < -0.39 is 0 Å². The molecule has 0 bridgehead atoms. The third kappa shape index (κ3) is 11.3. The SMILES string of the molecule is CCCCCCc1ccc(-c2ccc(-c3ccc(-c4ccc(CCCCCCc5ccc(-c6ccc(-c7ccc(-c8ccc(CCCCCC)s8)s7)s6)s5)s4)s3)s2)s1. The number of thiophene rings is 8. The Morgan fingerprint density at radius 3 is 0.638 bits per heavy atom. The molecular weight excluding hydrogens is 857 g/mol. The number of unbranched alkanes of at least 4 members (excludes halogenated alkanes) is 9. The standard InChI is InChI=1S/C50H54S8/c1-3-5-7-11-15-35-19-23-39(51-35)43-27-31-47(55-43)49-33-29-45(57-49)41-25-21-37(53-41)17-13-9-10-14-18-38-22-26-42(54-38)46-30-34-50(58-46)48-32-28-44(56-48)40-24-20-36(52-40)16-12-8-6-4-2/h19-34H,3-18H2,1-2H3. The van der Waals surface area contributed by atoms with Crippen LogP contribution in [0.5, 0.6) is 0 Å². The molecule has 8 rings (SSSR count). The molecule has 0 atom stereocenters. The molecule has 0 spiro atoms. The van der Waals surface area contributed by atoms with E-state index in [4.69, 9.17) is 0 Å². The number of hydrogen-bond acceptors (Lipinski definition) is 8. The minimum atomic E-state index is 1.20. The normalized spacial score (nSPS) is 11.7. The van der Waals surface area contributed by atoms with Crippen LogP contribution in [0.1, 0.15) is 110 Å². The van der Waals surface area contributed by atoms with Crippen molar-refractivity contribution in [2.24, 2.45) is 0 Å². The molecule has 0 saturated heterocycles. The smallest absolute Gasteiger partial charge is 0.0449 e. The topological polar surface area (TPSA) is 0 Å². The van der Waals surface area contributed by atoms with Crippen LogP contribution >= 0.6 is 90.7 Å². The van der Waals surface area contributed by atoms with Crippen molar-refractivity contribution >= 4 is 90.7 Å². The Morgan fingerprint density at radius 2 is 0.414 bits per heavy atom. The summed E-state index contributed by atoms with van der Waals surface area (Å²) in [5.41, 5.74) is 0. The van der Waals surface area contributed by atoms with Gasteiger partial charge in [-0.15, -0.1) is 90.7 Å². The molecule has 0 N–H and O–H groups in total. The quantitative estimate of drug-likeness (QED) is 0.0561. The highest BCUT2D eigenvalue weighted by molar-refractivity contribution is 7.29. The summed E-state index contributed by atoms with van der Waals surface area (Å²) in [6.07, 6.45) is 20.7. The van der Waals surface area contributed by atoms with Gasteiger partial charge in [0.05, 0.1) is 0 Å². The molecule has 0 aromatic carbocycles. The summed E-state index contributed by atoms with van der Waals surface area (Å²) >= 11 is 15.7. The first kappa shape index (κ1) is 42.3. The van der Waals surface area contributed by atoms with Gasteiger partial charge in [0, 0.05) is 78.0 Å². The van der Waals surface area contributed by atoms with Crippen molar-refractivity contribution in [3.05, 3.63) is 117 Å². The summed E-state index contributed by atoms with van der Waals surface area (Å²) in [5.74, 6) is 0. The molecule has 0 aliphatic carbocycles. The molecule has 0 nitrogen and oxygen atoms in total. The number of hydrogen-bond donors (Lipinski definition) is 0. The first-order valence-electron chi connectivity index (χ1n) is 21.4. The third-order valence-corrected chi connectivity index (χ3v) is 20.8. The summed E-state index contributed by atoms with van der Waals surface area (Å²) in [5, 5.41) is 0. The van der Waals surface area contributed by atoms with Crippen LogP contribution in [0.4, 0.5) is 0 Å². The van der Waals surface area contributed by atoms with Gasteiger partial charge < -0.3 is 0 Å². The minimum Gasteiger partial charge on any atom is -0.139 e. The number of aryl methyl sites for hydroxylation is 4. The van der Waals surface area contributed by atoms with Crippen molar-refractivity contribution in [2.75, 3.05) is 0 Å². The Balaban J connectivity index is 0.751. The first-order chi connectivity index (χ1) is 28.6. The second kappa shape index (κ2) is 21.4. The van der Waals surface area contributed by atoms with Crippen molar-refractivity contribution in [1.29, 1.82) is 0 Å². The molecular formula is C50H54S8. The van der Waals surface area contributed by atoms with Crippen molar-refractivity contribution in [2.45, 2.75) is 117 Å². The summed E-state index contributed by atoms with van der Waals surface area (Å²) in [6, 6.07) is 37.4. The van der Waals surface area contributed by atoms with Gasteiger partial charge in [-0.25, -0.2) is 0 Å². The fourth-order valence-electron chi connectivity index (χ4n) is 7.39. The molecule has 302 valence electrons. The monoisotopic (exact) mass is 910 g/mol. The molecule has 0 radical (unpaired) electrons. The highest BCUT2D eigenvalue weighted by atomic mass is 32.1. The summed E-state index contributed by atoms with van der Waals surface area (Å²) < 4.78 is 0. The van der Waals surface area contributed by atoms with Crippen LogP contribution in [-0.4, -0.2) is 0 Å². The van der Waals surface area contributed by atoms with Gasteiger partial charge in [0.1, 0.15) is 0 Å². The van der Waals surface area contributed by atoms with Crippen molar-refractivity contribution in [3.8, 4) is 58.5 Å². The molecule has 8 aromatic heterocycles. The molecule has 0 amide bonds. The Bertz CT molecular complexity index is 2250. The predicted molar refractivity (Wildman–Crippen MR) is 270 cm³/mol. The maximum atomic E-state index is 2.37. The average molecular weight is 912 g/mol. The molecule has 0 fully saturated rings. The van der Waals surface area contributed by atoms with Gasteiger partial charge >= 0.3 is 0 Å². The van der Waals surface area contributed by atoms with Gasteiger partial charge in [0.25, 0.3) is 0 Å². The van der Waals surface area contributed by atoms with E-state index in [1.165, 1.54) is 181 Å². The second-order valence-corrected chi connectivity index (χ2v) is 24.3. The third-order valence-electron chi connectivity index (χ3n) is 10.7. The van der Waals surface area contributed by atoms with Crippen LogP contribution in [-0.2, 0) is 25.7 Å². The maximum absolute atomic E-state index is 2.37. The van der Waals surface area contributed by atoms with Crippen LogP contribution in [0.2, 0.25) is 0 Å². The molecule has 0 aliphatic heterocycles. The summed E-state index contributed by atoms with van der Waals surface area (Å²) in [7, 11) is 0. The lowest BCUT2D eigenvalue weighted by molar-refractivity contribution is 0.645. The van der Waals surface area contributed by atoms with E-state index >= 15 is 0 Å². The molecule has 0 aliphatic rings. The summed E-state index contributed by atoms with van der Waals surface area (Å²) in [4.78, 5) is 22.9. The maximum Gasteiger partial charge on any atom is 0.0449 e. The minimum absolute atomic E-state index is 1.20. The van der Waals surface area contributed by atoms with E-state index in [2.05, 4.69) is 111 Å². The van der Waals surface area contributed by atoms with Crippen LogP contribution in [0.15, 0.2) is 97.1 Å². The Hall–Kier alpha value is -2.40. The fourth-order valence-corrected chi connectivity index (χ4v) is 16.2. The van der Waals surface area contributed by atoms with Crippen LogP contribution in [0.3, 0.4) is 0 Å². The zero-order valence-electron chi connectivity index (χ0n) is 33.8. The van der Waals surface area contributed by atoms with Crippen LogP contribution in [0.25, 0.3) is 58.5 Å². The first-order valence-corrected chi connectivity index (χ1v) is 27.9. The van der Waals surface area contributed by atoms with E-state index in [9.17, 15) is 0 Å². The lowest BCUT2D eigenvalue weighted by Gasteiger charge is -2.00. The van der Waals surface area contributed by atoms with Gasteiger partial charge in [-0.2, -0.15) is 0 Å². The predicted octanol–water partition coefficient (Wildman–Crippen LogP) is 19.8. The van der Waals surface area contributed by atoms with Gasteiger partial charge in [-0.3, -0.25) is 0 Å².